The average molecular weight is 298 g/mol. The molecular formula is C17H34N2O2. The van der Waals surface area contributed by atoms with Gasteiger partial charge in [0.15, 0.2) is 0 Å². The number of carbonyl (C=O) groups excluding carboxylic acids is 1. The van der Waals surface area contributed by atoms with Gasteiger partial charge in [-0.2, -0.15) is 0 Å². The van der Waals surface area contributed by atoms with Crippen LogP contribution in [0.15, 0.2) is 0 Å². The highest BCUT2D eigenvalue weighted by molar-refractivity contribution is 5.67. The normalized spacial score (nSPS) is 19.9. The third-order valence-corrected chi connectivity index (χ3v) is 4.24. The van der Waals surface area contributed by atoms with E-state index in [1.165, 1.54) is 32.1 Å². The van der Waals surface area contributed by atoms with E-state index in [0.29, 0.717) is 18.6 Å². The highest BCUT2D eigenvalue weighted by Gasteiger charge is 2.22. The van der Waals surface area contributed by atoms with Crippen LogP contribution in [-0.2, 0) is 4.74 Å². The van der Waals surface area contributed by atoms with Gasteiger partial charge in [-0.15, -0.1) is 0 Å². The summed E-state index contributed by atoms with van der Waals surface area (Å²) in [6.45, 7) is 10.7. The number of nitrogens with one attached hydrogen (secondary N) is 2. The molecule has 4 heteroatoms. The first kappa shape index (κ1) is 18.3. The summed E-state index contributed by atoms with van der Waals surface area (Å²) >= 11 is 0. The van der Waals surface area contributed by atoms with Crippen LogP contribution in [0.3, 0.4) is 0 Å². The van der Waals surface area contributed by atoms with Gasteiger partial charge in [-0.25, -0.2) is 4.79 Å². The van der Waals surface area contributed by atoms with Gasteiger partial charge in [-0.05, 0) is 52.9 Å². The van der Waals surface area contributed by atoms with Gasteiger partial charge >= 0.3 is 6.09 Å². The summed E-state index contributed by atoms with van der Waals surface area (Å²) < 4.78 is 5.28. The summed E-state index contributed by atoms with van der Waals surface area (Å²) in [7, 11) is 0. The fourth-order valence-corrected chi connectivity index (χ4v) is 2.98. The molecule has 0 saturated heterocycles. The van der Waals surface area contributed by atoms with Crippen molar-refractivity contribution in [2.75, 3.05) is 6.54 Å². The van der Waals surface area contributed by atoms with Crippen molar-refractivity contribution >= 4 is 6.09 Å². The van der Waals surface area contributed by atoms with Crippen LogP contribution in [0, 0.1) is 5.92 Å². The van der Waals surface area contributed by atoms with Gasteiger partial charge < -0.3 is 15.4 Å². The van der Waals surface area contributed by atoms with Gasteiger partial charge in [0.05, 0.1) is 0 Å². The molecule has 1 aliphatic rings. The summed E-state index contributed by atoms with van der Waals surface area (Å²) in [6, 6.07) is 0.838. The molecule has 1 rings (SSSR count). The molecule has 1 fully saturated rings. The summed E-state index contributed by atoms with van der Waals surface area (Å²) in [5.41, 5.74) is -0.436. The average Bonchev–Trinajstić information content (AvgIpc) is 2.42. The Kier molecular flexibility index (Phi) is 7.50. The Morgan fingerprint density at radius 2 is 1.86 bits per heavy atom. The highest BCUT2D eigenvalue weighted by Crippen LogP contribution is 2.26. The molecule has 0 aromatic rings. The van der Waals surface area contributed by atoms with Gasteiger partial charge in [0.25, 0.3) is 0 Å². The van der Waals surface area contributed by atoms with Crippen molar-refractivity contribution in [2.45, 2.75) is 90.8 Å². The molecule has 0 spiro atoms. The molecule has 124 valence electrons. The Morgan fingerprint density at radius 1 is 1.24 bits per heavy atom. The lowest BCUT2D eigenvalue weighted by atomic mass is 9.84. The Labute approximate surface area is 130 Å². The number of amides is 1. The SMILES string of the molecule is CCC(CNC(=O)OC(C)(C)C)NC(C)C1CCCCC1. The molecule has 1 amide bonds. The zero-order chi connectivity index (χ0) is 15.9. The van der Waals surface area contributed by atoms with Crippen LogP contribution < -0.4 is 10.6 Å². The first-order valence-electron chi connectivity index (χ1n) is 8.54. The molecule has 0 bridgehead atoms. The molecule has 1 saturated carbocycles. The highest BCUT2D eigenvalue weighted by atomic mass is 16.6. The minimum atomic E-state index is -0.436. The lowest BCUT2D eigenvalue weighted by Crippen LogP contribution is -2.47. The quantitative estimate of drug-likeness (QED) is 0.783. The maximum Gasteiger partial charge on any atom is 0.407 e. The minimum absolute atomic E-state index is 0.314. The van der Waals surface area contributed by atoms with Crippen molar-refractivity contribution in [3.8, 4) is 0 Å². The molecule has 21 heavy (non-hydrogen) atoms. The number of ether oxygens (including phenoxy) is 1. The van der Waals surface area contributed by atoms with E-state index in [9.17, 15) is 4.79 Å². The van der Waals surface area contributed by atoms with Crippen LogP contribution in [0.25, 0.3) is 0 Å². The maximum absolute atomic E-state index is 11.7. The summed E-state index contributed by atoms with van der Waals surface area (Å²) in [6.07, 6.45) is 7.47. The molecule has 2 atom stereocenters. The van der Waals surface area contributed by atoms with Crippen LogP contribution in [0.1, 0.15) is 73.1 Å². The molecule has 0 aromatic carbocycles. The first-order valence-corrected chi connectivity index (χ1v) is 8.54. The van der Waals surface area contributed by atoms with Crippen LogP contribution in [0.2, 0.25) is 0 Å². The van der Waals surface area contributed by atoms with E-state index in [1.807, 2.05) is 20.8 Å². The Hall–Kier alpha value is -0.770. The van der Waals surface area contributed by atoms with Crippen molar-refractivity contribution in [3.05, 3.63) is 0 Å². The third-order valence-electron chi connectivity index (χ3n) is 4.24. The molecule has 4 nitrogen and oxygen atoms in total. The Balaban J connectivity index is 2.32. The minimum Gasteiger partial charge on any atom is -0.444 e. The largest absolute Gasteiger partial charge is 0.444 e. The van der Waals surface area contributed by atoms with Crippen molar-refractivity contribution in [3.63, 3.8) is 0 Å². The number of hydrogen-bond donors (Lipinski definition) is 2. The fourth-order valence-electron chi connectivity index (χ4n) is 2.98. The number of rotatable bonds is 6. The van der Waals surface area contributed by atoms with E-state index in [-0.39, 0.29) is 6.09 Å². The van der Waals surface area contributed by atoms with Crippen molar-refractivity contribution in [1.82, 2.24) is 10.6 Å². The van der Waals surface area contributed by atoms with E-state index in [4.69, 9.17) is 4.74 Å². The molecule has 0 radical (unpaired) electrons. The Morgan fingerprint density at radius 3 is 2.38 bits per heavy atom. The lowest BCUT2D eigenvalue weighted by Gasteiger charge is -2.31. The number of hydrogen-bond acceptors (Lipinski definition) is 3. The van der Waals surface area contributed by atoms with Crippen LogP contribution in [0.4, 0.5) is 4.79 Å². The summed E-state index contributed by atoms with van der Waals surface area (Å²) in [5.74, 6) is 0.786. The molecule has 2 N–H and O–H groups in total. The second kappa shape index (κ2) is 8.62. The second-order valence-corrected chi connectivity index (χ2v) is 7.34. The van der Waals surface area contributed by atoms with Gasteiger partial charge in [-0.3, -0.25) is 0 Å². The molecule has 0 aromatic heterocycles. The third kappa shape index (κ3) is 7.70. The van der Waals surface area contributed by atoms with Crippen LogP contribution in [-0.4, -0.2) is 30.3 Å². The standard InChI is InChI=1S/C17H34N2O2/c1-6-15(12-18-16(20)21-17(3,4)5)19-13(2)14-10-8-7-9-11-14/h13-15,19H,6-12H2,1-5H3,(H,18,20). The van der Waals surface area contributed by atoms with Gasteiger partial charge in [0, 0.05) is 18.6 Å². The monoisotopic (exact) mass is 298 g/mol. The van der Waals surface area contributed by atoms with E-state index in [0.717, 1.165) is 12.3 Å². The van der Waals surface area contributed by atoms with E-state index in [1.54, 1.807) is 0 Å². The van der Waals surface area contributed by atoms with Crippen molar-refractivity contribution < 1.29 is 9.53 Å². The smallest absolute Gasteiger partial charge is 0.407 e. The molecule has 1 aliphatic carbocycles. The summed E-state index contributed by atoms with van der Waals surface area (Å²) in [4.78, 5) is 11.7. The topological polar surface area (TPSA) is 50.4 Å². The Bertz CT molecular complexity index is 306. The lowest BCUT2D eigenvalue weighted by molar-refractivity contribution is 0.0520. The van der Waals surface area contributed by atoms with Crippen molar-refractivity contribution in [2.24, 2.45) is 5.92 Å². The number of alkyl carbamates (subject to hydrolysis) is 1. The molecule has 0 heterocycles. The van der Waals surface area contributed by atoms with Crippen LogP contribution >= 0.6 is 0 Å². The second-order valence-electron chi connectivity index (χ2n) is 7.34. The predicted octanol–water partition coefficient (Wildman–Crippen LogP) is 3.85. The maximum atomic E-state index is 11.7. The van der Waals surface area contributed by atoms with E-state index >= 15 is 0 Å². The first-order chi connectivity index (χ1) is 9.81. The summed E-state index contributed by atoms with van der Waals surface area (Å²) in [5, 5.41) is 6.56. The number of carbonyl (C=O) groups is 1. The molecular weight excluding hydrogens is 264 g/mol. The van der Waals surface area contributed by atoms with Gasteiger partial charge in [-0.1, -0.05) is 26.2 Å². The predicted molar refractivity (Wildman–Crippen MR) is 87.5 cm³/mol. The zero-order valence-corrected chi connectivity index (χ0v) is 14.5. The molecule has 0 aliphatic heterocycles. The van der Waals surface area contributed by atoms with Crippen molar-refractivity contribution in [1.29, 1.82) is 0 Å². The van der Waals surface area contributed by atoms with Crippen LogP contribution in [0.5, 0.6) is 0 Å². The van der Waals surface area contributed by atoms with E-state index in [2.05, 4.69) is 24.5 Å². The zero-order valence-electron chi connectivity index (χ0n) is 14.5. The fraction of sp³-hybridized carbons (Fsp3) is 0.941. The van der Waals surface area contributed by atoms with Gasteiger partial charge in [0.2, 0.25) is 0 Å². The van der Waals surface area contributed by atoms with E-state index < -0.39 is 5.60 Å². The molecule has 2 unspecified atom stereocenters. The van der Waals surface area contributed by atoms with Gasteiger partial charge in [0.1, 0.15) is 5.60 Å².